The van der Waals surface area contributed by atoms with E-state index in [0.717, 1.165) is 89.9 Å². The van der Waals surface area contributed by atoms with Gasteiger partial charge in [-0.3, -0.25) is 4.98 Å². The average molecular weight is 848 g/mol. The highest BCUT2D eigenvalue weighted by Crippen LogP contribution is 2.47. The van der Waals surface area contributed by atoms with E-state index in [-0.39, 0.29) is 17.8 Å². The molecule has 3 atom stereocenters. The fourth-order valence-electron chi connectivity index (χ4n) is 7.94. The van der Waals surface area contributed by atoms with E-state index >= 15 is 8.78 Å². The maximum atomic E-state index is 16.3. The quantitative estimate of drug-likeness (QED) is 0.105. The van der Waals surface area contributed by atoms with Crippen LogP contribution in [0.1, 0.15) is 43.1 Å². The normalized spacial score (nSPS) is 15.3. The number of halogens is 4. The van der Waals surface area contributed by atoms with Crippen LogP contribution in [0.2, 0.25) is 0 Å². The van der Waals surface area contributed by atoms with Gasteiger partial charge >= 0.3 is 11.6 Å². The molecule has 16 heteroatoms. The highest BCUT2D eigenvalue weighted by molar-refractivity contribution is 5.66. The van der Waals surface area contributed by atoms with Crippen molar-refractivity contribution < 1.29 is 27.4 Å². The first-order valence-electron chi connectivity index (χ1n) is 20.3. The van der Waals surface area contributed by atoms with E-state index in [1.165, 1.54) is 16.9 Å². The number of aliphatic hydroxyl groups is 1. The van der Waals surface area contributed by atoms with Crippen molar-refractivity contribution in [2.45, 2.75) is 57.1 Å². The van der Waals surface area contributed by atoms with Crippen LogP contribution in [0, 0.1) is 11.6 Å². The smallest absolute Gasteiger partial charge is 0.350 e. The lowest BCUT2D eigenvalue weighted by atomic mass is 9.84. The molecule has 1 saturated heterocycles. The topological polar surface area (TPSA) is 119 Å². The Morgan fingerprint density at radius 3 is 2.03 bits per heavy atom. The van der Waals surface area contributed by atoms with E-state index < -0.39 is 41.0 Å². The standard InChI is InChI=1S/C46H45F4N9O3/c1-3-42(32(2)62-27-33-7-5-4-6-8-33)59-44(60)58(31-54-59)39-17-15-38(16-18-39)56-23-21-55(22-24-56)37-13-9-34(10-14-37)35-11-20-43(52-26-35)46(49,50)45(61,28-57-30-51-29-53-57)40-19-12-36(47)25-41(40)48/h4-20,25-26,29-32,42,61H,3,21-24,27-28H2,1-2H3. The number of nitrogens with zero attached hydrogens (tertiary/aromatic N) is 9. The SMILES string of the molecule is CCC(C(C)OCc1ccccc1)n1ncn(-c2ccc(N3CCN(c4ccc(-c5ccc(C(F)(F)C(O)(Cn6cncn6)c6ccc(F)cc6F)nc5)cc4)CC3)cc2)c1=O. The van der Waals surface area contributed by atoms with Gasteiger partial charge in [-0.05, 0) is 79.1 Å². The third kappa shape index (κ3) is 8.47. The van der Waals surface area contributed by atoms with Gasteiger partial charge in [0.25, 0.3) is 0 Å². The number of hydrogen-bond donors (Lipinski definition) is 1. The predicted octanol–water partition coefficient (Wildman–Crippen LogP) is 7.53. The van der Waals surface area contributed by atoms with Gasteiger partial charge in [0.1, 0.15) is 36.3 Å². The Morgan fingerprint density at radius 2 is 1.44 bits per heavy atom. The highest BCUT2D eigenvalue weighted by atomic mass is 19.3. The lowest BCUT2D eigenvalue weighted by Gasteiger charge is -2.37. The summed E-state index contributed by atoms with van der Waals surface area (Å²) in [6.45, 7) is 6.61. The van der Waals surface area contributed by atoms with Crippen molar-refractivity contribution in [3.05, 3.63) is 173 Å². The highest BCUT2D eigenvalue weighted by Gasteiger charge is 2.58. The molecule has 1 aliphatic heterocycles. The van der Waals surface area contributed by atoms with Gasteiger partial charge in [-0.1, -0.05) is 55.5 Å². The predicted molar refractivity (Wildman–Crippen MR) is 226 cm³/mol. The summed E-state index contributed by atoms with van der Waals surface area (Å²) in [7, 11) is 0. The van der Waals surface area contributed by atoms with E-state index in [0.29, 0.717) is 24.7 Å². The van der Waals surface area contributed by atoms with Gasteiger partial charge < -0.3 is 19.6 Å². The van der Waals surface area contributed by atoms with Crippen LogP contribution in [0.4, 0.5) is 28.9 Å². The minimum Gasteiger partial charge on any atom is -0.377 e. The zero-order chi connectivity index (χ0) is 43.4. The lowest BCUT2D eigenvalue weighted by Crippen LogP contribution is -2.48. The summed E-state index contributed by atoms with van der Waals surface area (Å²) >= 11 is 0. The molecule has 62 heavy (non-hydrogen) atoms. The molecule has 0 saturated carbocycles. The number of rotatable bonds is 15. The van der Waals surface area contributed by atoms with E-state index in [1.54, 1.807) is 10.9 Å². The Hall–Kier alpha value is -6.65. The first-order chi connectivity index (χ1) is 29.9. The summed E-state index contributed by atoms with van der Waals surface area (Å²) in [5, 5.41) is 19.8. The van der Waals surface area contributed by atoms with Crippen molar-refractivity contribution in [1.82, 2.24) is 34.1 Å². The van der Waals surface area contributed by atoms with Crippen LogP contribution in [0.3, 0.4) is 0 Å². The maximum absolute atomic E-state index is 16.3. The summed E-state index contributed by atoms with van der Waals surface area (Å²) in [5.41, 5.74) is 0.0907. The van der Waals surface area contributed by atoms with Crippen LogP contribution in [0.15, 0.2) is 139 Å². The average Bonchev–Trinajstić information content (AvgIpc) is 3.95. The number of pyridine rings is 1. The van der Waals surface area contributed by atoms with Crippen LogP contribution in [-0.4, -0.2) is 71.5 Å². The van der Waals surface area contributed by atoms with Crippen LogP contribution < -0.4 is 15.5 Å². The molecule has 3 aromatic heterocycles. The second kappa shape index (κ2) is 17.8. The van der Waals surface area contributed by atoms with E-state index in [4.69, 9.17) is 4.74 Å². The number of hydrogen-bond acceptors (Lipinski definition) is 9. The Kier molecular flexibility index (Phi) is 12.0. The van der Waals surface area contributed by atoms with Crippen molar-refractivity contribution in [3.63, 3.8) is 0 Å². The third-order valence-electron chi connectivity index (χ3n) is 11.5. The Bertz CT molecular complexity index is 2620. The van der Waals surface area contributed by atoms with Crippen LogP contribution in [-0.2, 0) is 29.4 Å². The number of aromatic nitrogens is 7. The summed E-state index contributed by atoms with van der Waals surface area (Å²) in [6, 6.07) is 29.9. The molecular weight excluding hydrogens is 803 g/mol. The molecule has 0 radical (unpaired) electrons. The van der Waals surface area contributed by atoms with E-state index in [1.807, 2.05) is 92.7 Å². The summed E-state index contributed by atoms with van der Waals surface area (Å²) < 4.78 is 71.3. The van der Waals surface area contributed by atoms with Crippen molar-refractivity contribution >= 4 is 11.4 Å². The molecule has 4 aromatic carbocycles. The number of alkyl halides is 2. The number of benzene rings is 4. The number of anilines is 2. The minimum atomic E-state index is -4.13. The minimum absolute atomic E-state index is 0.222. The molecule has 8 rings (SSSR count). The summed E-state index contributed by atoms with van der Waals surface area (Å²) in [4.78, 5) is 25.8. The first-order valence-corrected chi connectivity index (χ1v) is 20.3. The lowest BCUT2D eigenvalue weighted by molar-refractivity contribution is -0.207. The number of piperazine rings is 1. The maximum Gasteiger partial charge on any atom is 0.350 e. The molecule has 1 fully saturated rings. The van der Waals surface area contributed by atoms with Gasteiger partial charge in [0.15, 0.2) is 5.60 Å². The fraction of sp³-hybridized carbons (Fsp3) is 0.283. The Labute approximate surface area is 355 Å². The van der Waals surface area contributed by atoms with Crippen molar-refractivity contribution in [1.29, 1.82) is 0 Å². The molecular formula is C46H45F4N9O3. The van der Waals surface area contributed by atoms with Crippen LogP contribution >= 0.6 is 0 Å². The third-order valence-corrected chi connectivity index (χ3v) is 11.5. The van der Waals surface area contributed by atoms with Crippen LogP contribution in [0.25, 0.3) is 16.8 Å². The molecule has 4 heterocycles. The molecule has 1 N–H and O–H groups in total. The molecule has 0 spiro atoms. The van der Waals surface area contributed by atoms with E-state index in [9.17, 15) is 18.7 Å². The van der Waals surface area contributed by atoms with Gasteiger partial charge in [-0.25, -0.2) is 32.5 Å². The van der Waals surface area contributed by atoms with Gasteiger partial charge in [-0.15, -0.1) is 0 Å². The van der Waals surface area contributed by atoms with Crippen molar-refractivity contribution in [2.24, 2.45) is 0 Å². The zero-order valence-electron chi connectivity index (χ0n) is 34.1. The molecule has 7 aromatic rings. The molecule has 0 amide bonds. The summed E-state index contributed by atoms with van der Waals surface area (Å²) in [5.74, 6) is -6.45. The second-order valence-corrected chi connectivity index (χ2v) is 15.3. The molecule has 1 aliphatic rings. The first kappa shape index (κ1) is 42.1. The number of ether oxygens (including phenoxy) is 1. The van der Waals surface area contributed by atoms with Gasteiger partial charge in [0.05, 0.1) is 31.0 Å². The molecule has 0 aliphatic carbocycles. The molecule has 320 valence electrons. The summed E-state index contributed by atoms with van der Waals surface area (Å²) in [6.07, 6.45) is 5.49. The van der Waals surface area contributed by atoms with Gasteiger partial charge in [0.2, 0.25) is 0 Å². The van der Waals surface area contributed by atoms with Gasteiger partial charge in [-0.2, -0.15) is 19.0 Å². The fourth-order valence-corrected chi connectivity index (χ4v) is 7.94. The Morgan fingerprint density at radius 1 is 0.790 bits per heavy atom. The molecule has 0 bridgehead atoms. The zero-order valence-corrected chi connectivity index (χ0v) is 34.1. The Balaban J connectivity index is 0.886. The van der Waals surface area contributed by atoms with Gasteiger partial charge in [0, 0.05) is 60.9 Å². The van der Waals surface area contributed by atoms with Crippen molar-refractivity contribution in [3.8, 4) is 16.8 Å². The van der Waals surface area contributed by atoms with Crippen LogP contribution in [0.5, 0.6) is 0 Å². The van der Waals surface area contributed by atoms with E-state index in [2.05, 4.69) is 30.0 Å². The molecule has 3 unspecified atom stereocenters. The monoisotopic (exact) mass is 847 g/mol. The van der Waals surface area contributed by atoms with Crippen molar-refractivity contribution in [2.75, 3.05) is 36.0 Å². The molecule has 12 nitrogen and oxygen atoms in total. The second-order valence-electron chi connectivity index (χ2n) is 15.3. The largest absolute Gasteiger partial charge is 0.377 e.